The van der Waals surface area contributed by atoms with Crippen LogP contribution in [0.2, 0.25) is 0 Å². The quantitative estimate of drug-likeness (QED) is 0.435. The van der Waals surface area contributed by atoms with E-state index in [9.17, 15) is 9.59 Å². The number of urea groups is 1. The van der Waals surface area contributed by atoms with E-state index in [2.05, 4.69) is 11.2 Å². The zero-order valence-corrected chi connectivity index (χ0v) is 11.5. The number of nitrogens with zero attached hydrogens (tertiary/aromatic N) is 1. The summed E-state index contributed by atoms with van der Waals surface area (Å²) in [6.07, 6.45) is 8.04. The van der Waals surface area contributed by atoms with Crippen LogP contribution in [-0.4, -0.2) is 51.6 Å². The van der Waals surface area contributed by atoms with E-state index >= 15 is 0 Å². The number of rotatable bonds is 6. The van der Waals surface area contributed by atoms with Gasteiger partial charge in [-0.05, 0) is 12.8 Å². The van der Waals surface area contributed by atoms with Gasteiger partial charge in [-0.2, -0.15) is 11.8 Å². The second kappa shape index (κ2) is 6.20. The lowest BCUT2D eigenvalue weighted by Gasteiger charge is -2.19. The van der Waals surface area contributed by atoms with Gasteiger partial charge in [-0.15, -0.1) is 6.42 Å². The largest absolute Gasteiger partial charge is 0.481 e. The second-order valence-corrected chi connectivity index (χ2v) is 6.16. The Morgan fingerprint density at radius 2 is 2.37 bits per heavy atom. The van der Waals surface area contributed by atoms with Crippen molar-refractivity contribution in [2.75, 3.05) is 12.3 Å². The molecule has 0 radical (unpaired) electrons. The third-order valence-corrected chi connectivity index (χ3v) is 5.13. The number of aliphatic carboxylic acids is 1. The van der Waals surface area contributed by atoms with Gasteiger partial charge in [-0.25, -0.2) is 4.79 Å². The Kier molecular flexibility index (Phi) is 4.59. The van der Waals surface area contributed by atoms with Crippen LogP contribution < -0.4 is 5.32 Å². The molecule has 0 bridgehead atoms. The molecular weight excluding hydrogens is 264 g/mol. The molecule has 2 aliphatic heterocycles. The third-order valence-electron chi connectivity index (χ3n) is 3.64. The summed E-state index contributed by atoms with van der Waals surface area (Å²) >= 11 is 1.85. The highest BCUT2D eigenvalue weighted by Gasteiger charge is 2.47. The number of thioether (sulfide) groups is 1. The van der Waals surface area contributed by atoms with Crippen LogP contribution in [-0.2, 0) is 4.79 Å². The Morgan fingerprint density at radius 1 is 1.58 bits per heavy atom. The Labute approximate surface area is 117 Å². The Balaban J connectivity index is 1.82. The number of unbranched alkanes of at least 4 members (excludes halogenated alkanes) is 1. The molecule has 104 valence electrons. The van der Waals surface area contributed by atoms with Crippen LogP contribution in [0.25, 0.3) is 0 Å². The minimum absolute atomic E-state index is 0.0659. The van der Waals surface area contributed by atoms with E-state index in [0.717, 1.165) is 18.6 Å². The Hall–Kier alpha value is -1.35. The van der Waals surface area contributed by atoms with Crippen molar-refractivity contribution in [3.8, 4) is 12.3 Å². The Morgan fingerprint density at radius 3 is 3.05 bits per heavy atom. The van der Waals surface area contributed by atoms with Gasteiger partial charge in [0.05, 0.1) is 18.6 Å². The van der Waals surface area contributed by atoms with E-state index in [1.807, 2.05) is 11.8 Å². The summed E-state index contributed by atoms with van der Waals surface area (Å²) in [6, 6.07) is 0.289. The monoisotopic (exact) mass is 282 g/mol. The van der Waals surface area contributed by atoms with E-state index in [0.29, 0.717) is 18.2 Å². The molecule has 0 saturated carbocycles. The number of nitrogens with one attached hydrogen (secondary N) is 1. The average Bonchev–Trinajstić information content (AvgIpc) is 2.87. The van der Waals surface area contributed by atoms with Crippen LogP contribution in [0.4, 0.5) is 4.79 Å². The summed E-state index contributed by atoms with van der Waals surface area (Å²) in [4.78, 5) is 24.0. The normalized spacial score (nSPS) is 28.9. The van der Waals surface area contributed by atoms with Gasteiger partial charge in [-0.1, -0.05) is 12.3 Å². The number of carboxylic acids is 1. The number of carbonyl (C=O) groups is 2. The number of carbonyl (C=O) groups excluding carboxylic acids is 1. The van der Waals surface area contributed by atoms with E-state index in [1.54, 1.807) is 4.90 Å². The zero-order chi connectivity index (χ0) is 13.8. The first-order valence-corrected chi connectivity index (χ1v) is 7.52. The van der Waals surface area contributed by atoms with Crippen molar-refractivity contribution in [1.29, 1.82) is 0 Å². The first-order chi connectivity index (χ1) is 9.13. The van der Waals surface area contributed by atoms with Crippen LogP contribution >= 0.6 is 11.8 Å². The molecule has 3 atom stereocenters. The minimum Gasteiger partial charge on any atom is -0.481 e. The molecule has 0 aromatic heterocycles. The standard InChI is InChI=1S/C13H18N2O3S/c1-2-7-15-9-8-19-10(12(9)14-13(15)18)5-3-4-6-11(16)17/h1,9-10,12H,3-8H2,(H,14,18)(H,16,17)/t9-,10-,12-/m0/s1. The number of hydrogen-bond acceptors (Lipinski definition) is 3. The summed E-state index contributed by atoms with van der Waals surface area (Å²) in [5.41, 5.74) is 0. The minimum atomic E-state index is -0.744. The summed E-state index contributed by atoms with van der Waals surface area (Å²) in [5, 5.41) is 12.0. The van der Waals surface area contributed by atoms with Crippen molar-refractivity contribution in [2.24, 2.45) is 0 Å². The molecule has 19 heavy (non-hydrogen) atoms. The van der Waals surface area contributed by atoms with E-state index < -0.39 is 5.97 Å². The van der Waals surface area contributed by atoms with Crippen molar-refractivity contribution >= 4 is 23.8 Å². The van der Waals surface area contributed by atoms with Crippen molar-refractivity contribution in [2.45, 2.75) is 43.0 Å². The van der Waals surface area contributed by atoms with Gasteiger partial charge in [0.25, 0.3) is 0 Å². The van der Waals surface area contributed by atoms with Crippen molar-refractivity contribution in [3.63, 3.8) is 0 Å². The first-order valence-electron chi connectivity index (χ1n) is 6.47. The molecule has 0 aromatic rings. The summed E-state index contributed by atoms with van der Waals surface area (Å²) in [6.45, 7) is 0.360. The van der Waals surface area contributed by atoms with Crippen LogP contribution in [0.1, 0.15) is 25.7 Å². The lowest BCUT2D eigenvalue weighted by atomic mass is 10.0. The summed E-state index contributed by atoms with van der Waals surface area (Å²) < 4.78 is 0. The van der Waals surface area contributed by atoms with E-state index in [1.165, 1.54) is 0 Å². The third kappa shape index (κ3) is 3.16. The lowest BCUT2D eigenvalue weighted by molar-refractivity contribution is -0.137. The molecule has 2 heterocycles. The number of terminal acetylenes is 1. The van der Waals surface area contributed by atoms with Gasteiger partial charge in [0.15, 0.2) is 0 Å². The van der Waals surface area contributed by atoms with E-state index in [4.69, 9.17) is 11.5 Å². The molecule has 2 rings (SSSR count). The zero-order valence-electron chi connectivity index (χ0n) is 10.7. The fourth-order valence-electron chi connectivity index (χ4n) is 2.70. The van der Waals surface area contributed by atoms with Crippen molar-refractivity contribution < 1.29 is 14.7 Å². The van der Waals surface area contributed by atoms with Gasteiger partial charge in [-0.3, -0.25) is 4.79 Å². The molecule has 5 nitrogen and oxygen atoms in total. The summed E-state index contributed by atoms with van der Waals surface area (Å²) in [7, 11) is 0. The maximum atomic E-state index is 11.8. The first kappa shape index (κ1) is 14.1. The molecule has 0 spiro atoms. The predicted molar refractivity (Wildman–Crippen MR) is 74.0 cm³/mol. The maximum absolute atomic E-state index is 11.8. The molecule has 0 aliphatic carbocycles. The number of hydrogen-bond donors (Lipinski definition) is 2. The van der Waals surface area contributed by atoms with Gasteiger partial charge in [0, 0.05) is 17.4 Å². The fraction of sp³-hybridized carbons (Fsp3) is 0.692. The Bertz CT molecular complexity index is 407. The molecule has 2 amide bonds. The van der Waals surface area contributed by atoms with Gasteiger partial charge < -0.3 is 15.3 Å². The van der Waals surface area contributed by atoms with Gasteiger partial charge in [0.2, 0.25) is 0 Å². The van der Waals surface area contributed by atoms with Gasteiger partial charge >= 0.3 is 12.0 Å². The van der Waals surface area contributed by atoms with Crippen LogP contribution in [0.5, 0.6) is 0 Å². The fourth-order valence-corrected chi connectivity index (χ4v) is 4.32. The van der Waals surface area contributed by atoms with Gasteiger partial charge in [0.1, 0.15) is 0 Å². The van der Waals surface area contributed by atoms with Crippen LogP contribution in [0, 0.1) is 12.3 Å². The smallest absolute Gasteiger partial charge is 0.318 e. The SMILES string of the molecule is C#CCN1C(=O)N[C@@H]2[C@H](CCCCC(=O)O)SC[C@@H]21. The lowest BCUT2D eigenvalue weighted by Crippen LogP contribution is -2.38. The second-order valence-electron chi connectivity index (χ2n) is 4.89. The molecule has 2 fully saturated rings. The molecule has 0 unspecified atom stereocenters. The molecule has 2 aliphatic rings. The van der Waals surface area contributed by atoms with E-state index in [-0.39, 0.29) is 24.5 Å². The maximum Gasteiger partial charge on any atom is 0.318 e. The number of fused-ring (bicyclic) bond motifs is 1. The average molecular weight is 282 g/mol. The topological polar surface area (TPSA) is 69.6 Å². The van der Waals surface area contributed by atoms with Crippen molar-refractivity contribution in [1.82, 2.24) is 10.2 Å². The van der Waals surface area contributed by atoms with Crippen molar-refractivity contribution in [3.05, 3.63) is 0 Å². The highest BCUT2D eigenvalue weighted by atomic mass is 32.2. The highest BCUT2D eigenvalue weighted by Crippen LogP contribution is 2.36. The van der Waals surface area contributed by atoms with Crippen LogP contribution in [0.3, 0.4) is 0 Å². The molecule has 2 N–H and O–H groups in total. The predicted octanol–water partition coefficient (Wildman–Crippen LogP) is 1.14. The van der Waals surface area contributed by atoms with Crippen LogP contribution in [0.15, 0.2) is 0 Å². The molecular formula is C13H18N2O3S. The molecule has 2 saturated heterocycles. The number of amides is 2. The molecule has 6 heteroatoms. The highest BCUT2D eigenvalue weighted by molar-refractivity contribution is 8.00. The summed E-state index contributed by atoms with van der Waals surface area (Å²) in [5.74, 6) is 2.69. The number of carboxylic acid groups (broad SMARTS) is 1. The molecule has 0 aromatic carbocycles.